The molecule has 26 heavy (non-hydrogen) atoms. The van der Waals surface area contributed by atoms with Crippen LogP contribution in [0.4, 0.5) is 0 Å². The average molecular weight is 353 g/mol. The predicted molar refractivity (Wildman–Crippen MR) is 91.1 cm³/mol. The summed E-state index contributed by atoms with van der Waals surface area (Å²) in [5.41, 5.74) is 2.63. The van der Waals surface area contributed by atoms with Gasteiger partial charge in [-0.2, -0.15) is 0 Å². The van der Waals surface area contributed by atoms with Gasteiger partial charge in [-0.3, -0.25) is 9.78 Å². The SMILES string of the molecule is Cc1ncoc1C(=O)N1Cc2cncn2C(COCc2ccncc2)C1. The number of carbonyl (C=O) groups is 1. The normalized spacial score (nSPS) is 16.5. The smallest absolute Gasteiger partial charge is 0.291 e. The van der Waals surface area contributed by atoms with Crippen LogP contribution in [0.1, 0.15) is 33.5 Å². The molecule has 0 aliphatic carbocycles. The number of imidazole rings is 1. The molecule has 1 unspecified atom stereocenters. The molecule has 4 rings (SSSR count). The molecule has 1 aliphatic rings. The monoisotopic (exact) mass is 353 g/mol. The topological polar surface area (TPSA) is 86.3 Å². The molecule has 1 amide bonds. The van der Waals surface area contributed by atoms with E-state index in [0.717, 1.165) is 11.3 Å². The lowest BCUT2D eigenvalue weighted by atomic mass is 10.1. The zero-order valence-electron chi connectivity index (χ0n) is 14.4. The number of amides is 1. The molecule has 0 radical (unpaired) electrons. The van der Waals surface area contributed by atoms with Crippen molar-refractivity contribution >= 4 is 5.91 Å². The Labute approximate surface area is 150 Å². The fourth-order valence-electron chi connectivity index (χ4n) is 3.12. The summed E-state index contributed by atoms with van der Waals surface area (Å²) >= 11 is 0. The third-order valence-corrected chi connectivity index (χ3v) is 4.48. The van der Waals surface area contributed by atoms with Gasteiger partial charge in [-0.05, 0) is 24.6 Å². The van der Waals surface area contributed by atoms with Gasteiger partial charge in [-0.25, -0.2) is 9.97 Å². The highest BCUT2D eigenvalue weighted by molar-refractivity contribution is 5.92. The number of hydrogen-bond acceptors (Lipinski definition) is 6. The van der Waals surface area contributed by atoms with E-state index in [-0.39, 0.29) is 17.7 Å². The minimum atomic E-state index is -0.161. The molecule has 3 aromatic rings. The van der Waals surface area contributed by atoms with Gasteiger partial charge in [0.25, 0.3) is 5.91 Å². The minimum absolute atomic E-state index is 0.00438. The molecule has 0 bridgehead atoms. The molecule has 8 heteroatoms. The number of aryl methyl sites for hydroxylation is 1. The molecule has 1 atom stereocenters. The number of hydrogen-bond donors (Lipinski definition) is 0. The second-order valence-electron chi connectivity index (χ2n) is 6.27. The van der Waals surface area contributed by atoms with Crippen molar-refractivity contribution in [3.05, 3.63) is 66.2 Å². The zero-order chi connectivity index (χ0) is 17.9. The standard InChI is InChI=1S/C18H19N5O3/c1-13-17(26-12-21-13)18(24)22-7-15-6-20-11-23(15)16(8-22)10-25-9-14-2-4-19-5-3-14/h2-6,11-12,16H,7-10H2,1H3. The van der Waals surface area contributed by atoms with Crippen LogP contribution < -0.4 is 0 Å². The number of aromatic nitrogens is 4. The van der Waals surface area contributed by atoms with E-state index in [4.69, 9.17) is 9.15 Å². The van der Waals surface area contributed by atoms with Crippen molar-refractivity contribution in [1.29, 1.82) is 0 Å². The van der Waals surface area contributed by atoms with Crippen LogP contribution in [0.25, 0.3) is 0 Å². The molecule has 8 nitrogen and oxygen atoms in total. The van der Waals surface area contributed by atoms with Gasteiger partial charge < -0.3 is 18.6 Å². The van der Waals surface area contributed by atoms with Crippen LogP contribution in [0.5, 0.6) is 0 Å². The molecule has 0 fully saturated rings. The first-order valence-electron chi connectivity index (χ1n) is 8.39. The Morgan fingerprint density at radius 3 is 2.96 bits per heavy atom. The first kappa shape index (κ1) is 16.5. The van der Waals surface area contributed by atoms with Crippen molar-refractivity contribution in [2.75, 3.05) is 13.2 Å². The Hall–Kier alpha value is -3.00. The lowest BCUT2D eigenvalue weighted by Gasteiger charge is -2.34. The van der Waals surface area contributed by atoms with Gasteiger partial charge in [-0.1, -0.05) is 0 Å². The van der Waals surface area contributed by atoms with Crippen molar-refractivity contribution in [1.82, 2.24) is 24.4 Å². The van der Waals surface area contributed by atoms with E-state index in [1.807, 2.05) is 12.1 Å². The molecule has 0 saturated heterocycles. The van der Waals surface area contributed by atoms with Gasteiger partial charge in [-0.15, -0.1) is 0 Å². The minimum Gasteiger partial charge on any atom is -0.438 e. The highest BCUT2D eigenvalue weighted by Gasteiger charge is 2.30. The van der Waals surface area contributed by atoms with Crippen LogP contribution in [-0.2, 0) is 17.9 Å². The van der Waals surface area contributed by atoms with Crippen molar-refractivity contribution in [3.8, 4) is 0 Å². The molecule has 0 N–H and O–H groups in total. The maximum atomic E-state index is 12.8. The Kier molecular flexibility index (Phi) is 4.49. The number of carbonyl (C=O) groups excluding carboxylic acids is 1. The van der Waals surface area contributed by atoms with Gasteiger partial charge in [0.05, 0.1) is 43.5 Å². The molecule has 4 heterocycles. The Balaban J connectivity index is 1.46. The summed E-state index contributed by atoms with van der Waals surface area (Å²) < 4.78 is 13.2. The van der Waals surface area contributed by atoms with Crippen LogP contribution in [0.3, 0.4) is 0 Å². The molecular weight excluding hydrogens is 334 g/mol. The fourth-order valence-corrected chi connectivity index (χ4v) is 3.12. The number of pyridine rings is 1. The van der Waals surface area contributed by atoms with Crippen LogP contribution >= 0.6 is 0 Å². The molecule has 0 saturated carbocycles. The molecule has 134 valence electrons. The van der Waals surface area contributed by atoms with Gasteiger partial charge in [0.15, 0.2) is 6.39 Å². The summed E-state index contributed by atoms with van der Waals surface area (Å²) in [5.74, 6) is 0.126. The lowest BCUT2D eigenvalue weighted by molar-refractivity contribution is 0.0460. The summed E-state index contributed by atoms with van der Waals surface area (Å²) in [7, 11) is 0. The maximum Gasteiger partial charge on any atom is 0.291 e. The number of oxazole rings is 1. The third-order valence-electron chi connectivity index (χ3n) is 4.48. The van der Waals surface area contributed by atoms with E-state index in [1.54, 1.807) is 36.7 Å². The number of rotatable bonds is 5. The first-order valence-corrected chi connectivity index (χ1v) is 8.39. The second kappa shape index (κ2) is 7.09. The van der Waals surface area contributed by atoms with Crippen molar-refractivity contribution in [2.24, 2.45) is 0 Å². The summed E-state index contributed by atoms with van der Waals surface area (Å²) in [6.07, 6.45) is 8.35. The van der Waals surface area contributed by atoms with Gasteiger partial charge in [0, 0.05) is 25.1 Å². The van der Waals surface area contributed by atoms with Crippen LogP contribution in [0, 0.1) is 6.92 Å². The van der Waals surface area contributed by atoms with Crippen LogP contribution in [-0.4, -0.2) is 43.5 Å². The van der Waals surface area contributed by atoms with E-state index in [0.29, 0.717) is 32.0 Å². The van der Waals surface area contributed by atoms with Crippen molar-refractivity contribution in [2.45, 2.75) is 26.1 Å². The molecule has 1 aliphatic heterocycles. The highest BCUT2D eigenvalue weighted by Crippen LogP contribution is 2.23. The largest absolute Gasteiger partial charge is 0.438 e. The first-order chi connectivity index (χ1) is 12.7. The predicted octanol–water partition coefficient (Wildman–Crippen LogP) is 1.99. The van der Waals surface area contributed by atoms with Crippen molar-refractivity contribution in [3.63, 3.8) is 0 Å². The van der Waals surface area contributed by atoms with Crippen molar-refractivity contribution < 1.29 is 13.9 Å². The Morgan fingerprint density at radius 1 is 1.35 bits per heavy atom. The second-order valence-corrected chi connectivity index (χ2v) is 6.27. The van der Waals surface area contributed by atoms with E-state index < -0.39 is 0 Å². The maximum absolute atomic E-state index is 12.8. The summed E-state index contributed by atoms with van der Waals surface area (Å²) in [6.45, 7) is 3.75. The van der Waals surface area contributed by atoms with Gasteiger partial charge in [0.2, 0.25) is 5.76 Å². The van der Waals surface area contributed by atoms with E-state index in [9.17, 15) is 4.79 Å². The summed E-state index contributed by atoms with van der Waals surface area (Å²) in [6, 6.07) is 3.84. The Bertz CT molecular complexity index is 889. The zero-order valence-corrected chi connectivity index (χ0v) is 14.4. The van der Waals surface area contributed by atoms with Gasteiger partial charge >= 0.3 is 0 Å². The number of ether oxygens (including phenoxy) is 1. The fraction of sp³-hybridized carbons (Fsp3) is 0.333. The summed E-state index contributed by atoms with van der Waals surface area (Å²) in [4.78, 5) is 26.8. The molecular formula is C18H19N5O3. The molecule has 0 spiro atoms. The lowest BCUT2D eigenvalue weighted by Crippen LogP contribution is -2.42. The quantitative estimate of drug-likeness (QED) is 0.697. The molecule has 3 aromatic heterocycles. The average Bonchev–Trinajstić information content (AvgIpc) is 3.30. The van der Waals surface area contributed by atoms with E-state index in [2.05, 4.69) is 19.5 Å². The van der Waals surface area contributed by atoms with E-state index >= 15 is 0 Å². The highest BCUT2D eigenvalue weighted by atomic mass is 16.5. The number of fused-ring (bicyclic) bond motifs is 1. The van der Waals surface area contributed by atoms with Crippen LogP contribution in [0.15, 0.2) is 47.9 Å². The van der Waals surface area contributed by atoms with Gasteiger partial charge in [0.1, 0.15) is 0 Å². The number of nitrogens with zero attached hydrogens (tertiary/aromatic N) is 5. The third kappa shape index (κ3) is 3.23. The Morgan fingerprint density at radius 2 is 2.19 bits per heavy atom. The summed E-state index contributed by atoms with van der Waals surface area (Å²) in [5, 5.41) is 0. The van der Waals surface area contributed by atoms with E-state index in [1.165, 1.54) is 6.39 Å². The molecule has 0 aromatic carbocycles. The van der Waals surface area contributed by atoms with Crippen LogP contribution in [0.2, 0.25) is 0 Å².